The summed E-state index contributed by atoms with van der Waals surface area (Å²) in [7, 11) is 0. The molecule has 116 valence electrons. The maximum Gasteiger partial charge on any atom is 0.334 e. The molecule has 0 saturated heterocycles. The van der Waals surface area contributed by atoms with Gasteiger partial charge in [0.2, 0.25) is 0 Å². The van der Waals surface area contributed by atoms with Crippen molar-refractivity contribution in [1.29, 1.82) is 0 Å². The Morgan fingerprint density at radius 3 is 2.91 bits per heavy atom. The van der Waals surface area contributed by atoms with Crippen LogP contribution in [0.2, 0.25) is 0 Å². The van der Waals surface area contributed by atoms with E-state index in [0.717, 1.165) is 11.9 Å². The number of ether oxygens (including phenoxy) is 1. The van der Waals surface area contributed by atoms with Crippen LogP contribution < -0.4 is 0 Å². The fraction of sp³-hybridized carbons (Fsp3) is 0.389. The van der Waals surface area contributed by atoms with Crippen LogP contribution in [0.4, 0.5) is 0 Å². The number of aromatic nitrogens is 1. The lowest BCUT2D eigenvalue weighted by Gasteiger charge is -2.39. The summed E-state index contributed by atoms with van der Waals surface area (Å²) in [6, 6.07) is 8.36. The topological polar surface area (TPSA) is 62.3 Å². The van der Waals surface area contributed by atoms with Gasteiger partial charge in [0, 0.05) is 18.1 Å². The lowest BCUT2D eigenvalue weighted by atomic mass is 9.80. The number of nitrogens with one attached hydrogen (secondary N) is 1. The second-order valence-corrected chi connectivity index (χ2v) is 6.35. The van der Waals surface area contributed by atoms with E-state index in [2.05, 4.69) is 23.2 Å². The minimum absolute atomic E-state index is 0.117. The molecule has 1 atom stereocenters. The SMILES string of the molecule is CC(C)C1(CCc2ccc3[nH]ccc3c2)CC(O)=CC(=O)O1. The molecule has 1 aliphatic rings. The van der Waals surface area contributed by atoms with Gasteiger partial charge >= 0.3 is 5.97 Å². The number of fused-ring (bicyclic) bond motifs is 1. The van der Waals surface area contributed by atoms with Gasteiger partial charge in [-0.3, -0.25) is 0 Å². The van der Waals surface area contributed by atoms with Crippen molar-refractivity contribution in [3.05, 3.63) is 47.9 Å². The summed E-state index contributed by atoms with van der Waals surface area (Å²) < 4.78 is 5.62. The molecule has 0 amide bonds. The normalized spacial score (nSPS) is 22.0. The van der Waals surface area contributed by atoms with Crippen molar-refractivity contribution in [2.75, 3.05) is 0 Å². The van der Waals surface area contributed by atoms with Gasteiger partial charge in [0.15, 0.2) is 0 Å². The molecule has 0 bridgehead atoms. The van der Waals surface area contributed by atoms with Gasteiger partial charge < -0.3 is 14.8 Å². The van der Waals surface area contributed by atoms with Crippen LogP contribution in [0.3, 0.4) is 0 Å². The Balaban J connectivity index is 1.80. The smallest absolute Gasteiger partial charge is 0.334 e. The summed E-state index contributed by atoms with van der Waals surface area (Å²) in [6.07, 6.45) is 5.00. The molecule has 0 saturated carbocycles. The van der Waals surface area contributed by atoms with E-state index in [9.17, 15) is 9.90 Å². The monoisotopic (exact) mass is 299 g/mol. The Kier molecular flexibility index (Phi) is 3.69. The molecule has 1 aromatic heterocycles. The highest BCUT2D eigenvalue weighted by molar-refractivity contribution is 5.84. The molecule has 1 aromatic carbocycles. The molecule has 0 aliphatic carbocycles. The number of hydrogen-bond acceptors (Lipinski definition) is 3. The number of carbonyl (C=O) groups excluding carboxylic acids is 1. The maximum absolute atomic E-state index is 11.7. The number of esters is 1. The van der Waals surface area contributed by atoms with Crippen LogP contribution in [-0.2, 0) is 16.0 Å². The molecule has 1 aliphatic heterocycles. The maximum atomic E-state index is 11.7. The highest BCUT2D eigenvalue weighted by Crippen LogP contribution is 2.36. The van der Waals surface area contributed by atoms with E-state index in [0.29, 0.717) is 12.8 Å². The molecule has 1 unspecified atom stereocenters. The van der Waals surface area contributed by atoms with Crippen LogP contribution >= 0.6 is 0 Å². The molecule has 0 radical (unpaired) electrons. The first-order valence-corrected chi connectivity index (χ1v) is 7.67. The molecular weight excluding hydrogens is 278 g/mol. The minimum atomic E-state index is -0.622. The third kappa shape index (κ3) is 2.73. The minimum Gasteiger partial charge on any atom is -0.512 e. The molecule has 2 heterocycles. The number of aliphatic hydroxyl groups is 1. The third-order valence-corrected chi connectivity index (χ3v) is 4.58. The van der Waals surface area contributed by atoms with Gasteiger partial charge in [-0.25, -0.2) is 4.79 Å². The zero-order valence-electron chi connectivity index (χ0n) is 12.9. The molecular formula is C18H21NO3. The average molecular weight is 299 g/mol. The quantitative estimate of drug-likeness (QED) is 0.842. The molecule has 0 fully saturated rings. The number of rotatable bonds is 4. The summed E-state index contributed by atoms with van der Waals surface area (Å²) in [5.74, 6) is -0.187. The number of cyclic esters (lactones) is 1. The van der Waals surface area contributed by atoms with E-state index < -0.39 is 11.6 Å². The molecule has 4 nitrogen and oxygen atoms in total. The number of aryl methyl sites for hydroxylation is 1. The highest BCUT2D eigenvalue weighted by Gasteiger charge is 2.41. The van der Waals surface area contributed by atoms with Crippen LogP contribution in [-0.4, -0.2) is 21.7 Å². The predicted molar refractivity (Wildman–Crippen MR) is 85.6 cm³/mol. The molecule has 22 heavy (non-hydrogen) atoms. The van der Waals surface area contributed by atoms with E-state index in [-0.39, 0.29) is 11.7 Å². The first-order chi connectivity index (χ1) is 10.5. The van der Waals surface area contributed by atoms with Crippen molar-refractivity contribution in [3.8, 4) is 0 Å². The van der Waals surface area contributed by atoms with Crippen molar-refractivity contribution in [2.45, 2.75) is 38.7 Å². The van der Waals surface area contributed by atoms with Crippen LogP contribution in [0.1, 0.15) is 32.3 Å². The number of aromatic amines is 1. The van der Waals surface area contributed by atoms with Crippen molar-refractivity contribution in [3.63, 3.8) is 0 Å². The van der Waals surface area contributed by atoms with E-state index in [1.165, 1.54) is 17.0 Å². The first kappa shape index (κ1) is 14.7. The van der Waals surface area contributed by atoms with Gasteiger partial charge in [0.25, 0.3) is 0 Å². The van der Waals surface area contributed by atoms with Crippen LogP contribution in [0.15, 0.2) is 42.3 Å². The Bertz CT molecular complexity index is 729. The van der Waals surface area contributed by atoms with Crippen LogP contribution in [0.25, 0.3) is 10.9 Å². The Labute approximate surface area is 129 Å². The summed E-state index contributed by atoms with van der Waals surface area (Å²) in [4.78, 5) is 14.9. The van der Waals surface area contributed by atoms with Gasteiger partial charge in [-0.1, -0.05) is 19.9 Å². The predicted octanol–water partition coefficient (Wildman–Crippen LogP) is 3.88. The molecule has 3 rings (SSSR count). The molecule has 4 heteroatoms. The van der Waals surface area contributed by atoms with Gasteiger partial charge in [-0.15, -0.1) is 0 Å². The van der Waals surface area contributed by atoms with Crippen LogP contribution in [0.5, 0.6) is 0 Å². The van der Waals surface area contributed by atoms with Crippen molar-refractivity contribution in [1.82, 2.24) is 4.98 Å². The standard InChI is InChI=1S/C18H21NO3/c1-12(2)18(11-15(20)10-17(21)22-18)7-5-13-3-4-16-14(9-13)6-8-19-16/h3-4,6,8-10,12,19-20H,5,7,11H2,1-2H3. The number of H-pyrrole nitrogens is 1. The van der Waals surface area contributed by atoms with Gasteiger partial charge in [-0.2, -0.15) is 0 Å². The van der Waals surface area contributed by atoms with Crippen molar-refractivity contribution in [2.24, 2.45) is 5.92 Å². The van der Waals surface area contributed by atoms with Crippen molar-refractivity contribution < 1.29 is 14.6 Å². The number of carbonyl (C=O) groups is 1. The van der Waals surface area contributed by atoms with Gasteiger partial charge in [0.1, 0.15) is 11.4 Å². The Hall–Kier alpha value is -2.23. The number of hydrogen-bond donors (Lipinski definition) is 2. The Morgan fingerprint density at radius 2 is 2.18 bits per heavy atom. The number of benzene rings is 1. The lowest BCUT2D eigenvalue weighted by molar-refractivity contribution is -0.163. The zero-order valence-corrected chi connectivity index (χ0v) is 12.9. The summed E-state index contributed by atoms with van der Waals surface area (Å²) >= 11 is 0. The third-order valence-electron chi connectivity index (χ3n) is 4.58. The van der Waals surface area contributed by atoms with E-state index in [1.54, 1.807) is 0 Å². The van der Waals surface area contributed by atoms with E-state index in [4.69, 9.17) is 4.74 Å². The highest BCUT2D eigenvalue weighted by atomic mass is 16.6. The summed E-state index contributed by atoms with van der Waals surface area (Å²) in [5.41, 5.74) is 1.70. The lowest BCUT2D eigenvalue weighted by Crippen LogP contribution is -2.43. The molecule has 2 N–H and O–H groups in total. The Morgan fingerprint density at radius 1 is 1.36 bits per heavy atom. The fourth-order valence-electron chi connectivity index (χ4n) is 3.12. The summed E-state index contributed by atoms with van der Waals surface area (Å²) in [5, 5.41) is 11.0. The van der Waals surface area contributed by atoms with E-state index in [1.807, 2.05) is 26.1 Å². The summed E-state index contributed by atoms with van der Waals surface area (Å²) in [6.45, 7) is 4.06. The number of aliphatic hydroxyl groups excluding tert-OH is 1. The van der Waals surface area contributed by atoms with E-state index >= 15 is 0 Å². The first-order valence-electron chi connectivity index (χ1n) is 7.67. The average Bonchev–Trinajstić information content (AvgIpc) is 2.91. The van der Waals surface area contributed by atoms with Gasteiger partial charge in [-0.05, 0) is 47.9 Å². The van der Waals surface area contributed by atoms with Crippen molar-refractivity contribution >= 4 is 16.9 Å². The van der Waals surface area contributed by atoms with Crippen LogP contribution in [0, 0.1) is 5.92 Å². The fourth-order valence-corrected chi connectivity index (χ4v) is 3.12. The molecule has 2 aromatic rings. The van der Waals surface area contributed by atoms with Gasteiger partial charge in [0.05, 0.1) is 6.08 Å². The second kappa shape index (κ2) is 5.52. The zero-order chi connectivity index (χ0) is 15.7. The molecule has 0 spiro atoms. The second-order valence-electron chi connectivity index (χ2n) is 6.35. The largest absolute Gasteiger partial charge is 0.512 e.